The summed E-state index contributed by atoms with van der Waals surface area (Å²) in [5.41, 5.74) is 6.95. The Kier molecular flexibility index (Phi) is 5.92. The van der Waals surface area contributed by atoms with Gasteiger partial charge in [-0.3, -0.25) is 4.79 Å². The predicted molar refractivity (Wildman–Crippen MR) is 113 cm³/mol. The maximum Gasteiger partial charge on any atom is 0.303 e. The molecule has 3 heteroatoms. The van der Waals surface area contributed by atoms with Gasteiger partial charge < -0.3 is 10.0 Å². The zero-order valence-corrected chi connectivity index (χ0v) is 16.4. The fourth-order valence-corrected chi connectivity index (χ4v) is 4.75. The Bertz CT molecular complexity index is 823. The molecule has 1 N–H and O–H groups in total. The van der Waals surface area contributed by atoms with Gasteiger partial charge in [-0.1, -0.05) is 54.6 Å². The van der Waals surface area contributed by atoms with Gasteiger partial charge in [-0.15, -0.1) is 0 Å². The van der Waals surface area contributed by atoms with Gasteiger partial charge in [0.05, 0.1) is 0 Å². The fourth-order valence-electron chi connectivity index (χ4n) is 4.75. The minimum absolute atomic E-state index is 0.302. The van der Waals surface area contributed by atoms with Gasteiger partial charge in [-0.05, 0) is 72.4 Å². The van der Waals surface area contributed by atoms with E-state index in [-0.39, 0.29) is 0 Å². The average Bonchev–Trinajstić information content (AvgIpc) is 2.72. The summed E-state index contributed by atoms with van der Waals surface area (Å²) in [6, 6.07) is 17.5. The molecule has 2 aromatic carbocycles. The molecule has 0 bridgehead atoms. The second-order valence-electron chi connectivity index (χ2n) is 8.14. The number of carbonyl (C=O) groups is 1. The highest BCUT2D eigenvalue weighted by atomic mass is 16.4. The largest absolute Gasteiger partial charge is 0.481 e. The average molecular weight is 376 g/mol. The third-order valence-corrected chi connectivity index (χ3v) is 6.16. The molecular weight excluding hydrogens is 346 g/mol. The van der Waals surface area contributed by atoms with Gasteiger partial charge in [0.15, 0.2) is 0 Å². The summed E-state index contributed by atoms with van der Waals surface area (Å²) in [5.74, 6) is -0.134. The van der Waals surface area contributed by atoms with Crippen LogP contribution < -0.4 is 0 Å². The van der Waals surface area contributed by atoms with Crippen LogP contribution in [0.25, 0.3) is 5.57 Å². The van der Waals surface area contributed by atoms with Crippen molar-refractivity contribution in [1.29, 1.82) is 0 Å². The van der Waals surface area contributed by atoms with Crippen LogP contribution in [0.1, 0.15) is 54.4 Å². The lowest BCUT2D eigenvalue weighted by Crippen LogP contribution is -2.36. The number of rotatable bonds is 6. The van der Waals surface area contributed by atoms with Crippen LogP contribution in [0.15, 0.2) is 54.6 Å². The van der Waals surface area contributed by atoms with E-state index in [9.17, 15) is 4.79 Å². The van der Waals surface area contributed by atoms with Gasteiger partial charge in [0.2, 0.25) is 0 Å². The Morgan fingerprint density at radius 3 is 2.43 bits per heavy atom. The van der Waals surface area contributed by atoms with E-state index < -0.39 is 5.97 Å². The zero-order chi connectivity index (χ0) is 19.3. The smallest absolute Gasteiger partial charge is 0.303 e. The summed E-state index contributed by atoms with van der Waals surface area (Å²) in [5, 5.41) is 8.93. The first-order chi connectivity index (χ1) is 13.7. The van der Waals surface area contributed by atoms with Crippen molar-refractivity contribution in [2.75, 3.05) is 19.6 Å². The SMILES string of the molecule is O=C(O)CCC1CCCN(CCC=C2c3ccccc3Cc3ccccc32)C1. The van der Waals surface area contributed by atoms with Crippen LogP contribution in [-0.2, 0) is 11.2 Å². The van der Waals surface area contributed by atoms with E-state index in [0.717, 1.165) is 38.9 Å². The minimum atomic E-state index is -0.670. The van der Waals surface area contributed by atoms with E-state index in [4.69, 9.17) is 5.11 Å². The number of carboxylic acids is 1. The third-order valence-electron chi connectivity index (χ3n) is 6.16. The molecule has 4 rings (SSSR count). The Morgan fingerprint density at radius 2 is 1.75 bits per heavy atom. The summed E-state index contributed by atoms with van der Waals surface area (Å²) < 4.78 is 0. The summed E-state index contributed by atoms with van der Waals surface area (Å²) in [6.45, 7) is 3.24. The molecule has 1 aliphatic heterocycles. The van der Waals surface area contributed by atoms with Crippen molar-refractivity contribution in [3.8, 4) is 0 Å². The van der Waals surface area contributed by atoms with Crippen LogP contribution in [0.4, 0.5) is 0 Å². The number of hydrogen-bond acceptors (Lipinski definition) is 2. The van der Waals surface area contributed by atoms with Gasteiger partial charge in [0.25, 0.3) is 0 Å². The Hall–Kier alpha value is -2.39. The summed E-state index contributed by atoms with van der Waals surface area (Å²) in [4.78, 5) is 13.4. The standard InChI is InChI=1S/C25H29NO2/c27-25(28)14-13-19-7-5-15-26(18-19)16-6-12-24-22-10-3-1-8-20(22)17-21-9-2-4-11-23(21)24/h1-4,8-12,19H,5-7,13-18H2,(H,27,28). The second-order valence-corrected chi connectivity index (χ2v) is 8.14. The number of hydrogen-bond donors (Lipinski definition) is 1. The summed E-state index contributed by atoms with van der Waals surface area (Å²) in [6.07, 6.45) is 7.93. The van der Waals surface area contributed by atoms with E-state index in [1.54, 1.807) is 0 Å². The maximum absolute atomic E-state index is 10.9. The first kappa shape index (κ1) is 18.9. The van der Waals surface area contributed by atoms with Crippen molar-refractivity contribution in [2.45, 2.75) is 38.5 Å². The van der Waals surface area contributed by atoms with E-state index in [0.29, 0.717) is 12.3 Å². The van der Waals surface area contributed by atoms with Crippen molar-refractivity contribution < 1.29 is 9.90 Å². The molecule has 1 atom stereocenters. The molecule has 146 valence electrons. The van der Waals surface area contributed by atoms with Crippen LogP contribution in [0.2, 0.25) is 0 Å². The molecule has 0 saturated carbocycles. The molecule has 0 amide bonds. The third kappa shape index (κ3) is 4.36. The molecule has 2 aromatic rings. The van der Waals surface area contributed by atoms with E-state index in [2.05, 4.69) is 59.5 Å². The highest BCUT2D eigenvalue weighted by Gasteiger charge is 2.21. The zero-order valence-electron chi connectivity index (χ0n) is 16.4. The first-order valence-corrected chi connectivity index (χ1v) is 10.5. The molecule has 0 spiro atoms. The Labute approximate surface area is 167 Å². The molecule has 1 aliphatic carbocycles. The van der Waals surface area contributed by atoms with Gasteiger partial charge >= 0.3 is 5.97 Å². The van der Waals surface area contributed by atoms with Crippen molar-refractivity contribution in [1.82, 2.24) is 4.90 Å². The number of piperidine rings is 1. The molecule has 1 heterocycles. The quantitative estimate of drug-likeness (QED) is 0.660. The van der Waals surface area contributed by atoms with E-state index >= 15 is 0 Å². The maximum atomic E-state index is 10.9. The molecular formula is C25H29NO2. The summed E-state index contributed by atoms with van der Waals surface area (Å²) in [7, 11) is 0. The monoisotopic (exact) mass is 375 g/mol. The lowest BCUT2D eigenvalue weighted by atomic mass is 9.82. The van der Waals surface area contributed by atoms with Crippen molar-refractivity contribution in [2.24, 2.45) is 5.92 Å². The molecule has 0 radical (unpaired) electrons. The molecule has 1 saturated heterocycles. The lowest BCUT2D eigenvalue weighted by Gasteiger charge is -2.32. The fraction of sp³-hybridized carbons (Fsp3) is 0.400. The second kappa shape index (κ2) is 8.74. The van der Waals surface area contributed by atoms with Gasteiger partial charge in [0, 0.05) is 19.5 Å². The molecule has 1 fully saturated rings. The van der Waals surface area contributed by atoms with Crippen molar-refractivity contribution in [3.05, 3.63) is 76.9 Å². The molecule has 3 nitrogen and oxygen atoms in total. The van der Waals surface area contributed by atoms with Crippen LogP contribution in [-0.4, -0.2) is 35.6 Å². The highest BCUT2D eigenvalue weighted by molar-refractivity contribution is 5.85. The normalized spacial score (nSPS) is 19.0. The number of benzene rings is 2. The summed E-state index contributed by atoms with van der Waals surface area (Å²) >= 11 is 0. The van der Waals surface area contributed by atoms with Gasteiger partial charge in [-0.2, -0.15) is 0 Å². The topological polar surface area (TPSA) is 40.5 Å². The minimum Gasteiger partial charge on any atom is -0.481 e. The van der Waals surface area contributed by atoms with Crippen LogP contribution in [0, 0.1) is 5.92 Å². The molecule has 1 unspecified atom stereocenters. The first-order valence-electron chi connectivity index (χ1n) is 10.5. The van der Waals surface area contributed by atoms with Gasteiger partial charge in [-0.25, -0.2) is 0 Å². The predicted octanol–water partition coefficient (Wildman–Crippen LogP) is 4.99. The van der Waals surface area contributed by atoms with E-state index in [1.165, 1.54) is 40.7 Å². The van der Waals surface area contributed by atoms with Crippen molar-refractivity contribution in [3.63, 3.8) is 0 Å². The van der Waals surface area contributed by atoms with E-state index in [1.807, 2.05) is 0 Å². The number of likely N-dealkylation sites (tertiary alicyclic amines) is 1. The molecule has 0 aromatic heterocycles. The number of aliphatic carboxylic acids is 1. The van der Waals surface area contributed by atoms with Gasteiger partial charge in [0.1, 0.15) is 0 Å². The van der Waals surface area contributed by atoms with Crippen molar-refractivity contribution >= 4 is 11.5 Å². The Balaban J connectivity index is 1.44. The van der Waals surface area contributed by atoms with Crippen LogP contribution in [0.3, 0.4) is 0 Å². The number of fused-ring (bicyclic) bond motifs is 2. The number of nitrogens with zero attached hydrogens (tertiary/aromatic N) is 1. The highest BCUT2D eigenvalue weighted by Crippen LogP contribution is 2.36. The lowest BCUT2D eigenvalue weighted by molar-refractivity contribution is -0.137. The van der Waals surface area contributed by atoms with Crippen LogP contribution in [0.5, 0.6) is 0 Å². The molecule has 2 aliphatic rings. The van der Waals surface area contributed by atoms with Crippen LogP contribution >= 0.6 is 0 Å². The number of carboxylic acid groups (broad SMARTS) is 1. The Morgan fingerprint density at radius 1 is 1.07 bits per heavy atom. The molecule has 28 heavy (non-hydrogen) atoms.